The van der Waals surface area contributed by atoms with Crippen LogP contribution in [0.15, 0.2) is 76.2 Å². The second kappa shape index (κ2) is 11.3. The van der Waals surface area contributed by atoms with E-state index in [1.54, 1.807) is 0 Å². The summed E-state index contributed by atoms with van der Waals surface area (Å²) in [6.45, 7) is 5.45. The summed E-state index contributed by atoms with van der Waals surface area (Å²) in [7, 11) is 0. The van der Waals surface area contributed by atoms with Crippen molar-refractivity contribution in [2.45, 2.75) is 26.3 Å². The van der Waals surface area contributed by atoms with Crippen LogP contribution < -0.4 is 10.6 Å². The molecular formula is C26H31N5O2. The lowest BCUT2D eigenvalue weighted by molar-refractivity contribution is -0.127. The van der Waals surface area contributed by atoms with Crippen LogP contribution in [0.1, 0.15) is 24.6 Å². The highest BCUT2D eigenvalue weighted by molar-refractivity contribution is 5.81. The first-order valence-corrected chi connectivity index (χ1v) is 11.6. The number of carbonyl (C=O) groups excluding carboxylic acids is 1. The quantitative estimate of drug-likeness (QED) is 0.389. The van der Waals surface area contributed by atoms with E-state index >= 15 is 0 Å². The normalized spacial score (nSPS) is 16.3. The number of aliphatic imine (C=N–C) groups is 1. The number of nitrogens with zero attached hydrogens (tertiary/aromatic N) is 3. The number of nitrogens with one attached hydrogen (secondary N) is 2. The van der Waals surface area contributed by atoms with Crippen LogP contribution in [0.4, 0.5) is 0 Å². The predicted molar refractivity (Wildman–Crippen MR) is 130 cm³/mol. The van der Waals surface area contributed by atoms with Crippen molar-refractivity contribution in [1.29, 1.82) is 0 Å². The first kappa shape index (κ1) is 22.6. The number of likely N-dealkylation sites (tertiary alicyclic amines) is 1. The van der Waals surface area contributed by atoms with Gasteiger partial charge in [-0.3, -0.25) is 4.79 Å². The van der Waals surface area contributed by atoms with Crippen molar-refractivity contribution in [2.75, 3.05) is 26.2 Å². The van der Waals surface area contributed by atoms with Crippen LogP contribution in [0.25, 0.3) is 11.3 Å². The molecule has 2 heterocycles. The third-order valence-corrected chi connectivity index (χ3v) is 5.73. The lowest BCUT2D eigenvalue weighted by atomic mass is 10.1. The zero-order valence-corrected chi connectivity index (χ0v) is 19.0. The summed E-state index contributed by atoms with van der Waals surface area (Å²) in [5, 5.41) is 10.8. The second-order valence-electron chi connectivity index (χ2n) is 8.27. The van der Waals surface area contributed by atoms with E-state index in [2.05, 4.69) is 32.9 Å². The van der Waals surface area contributed by atoms with Crippen LogP contribution in [0.3, 0.4) is 0 Å². The Labute approximate surface area is 194 Å². The summed E-state index contributed by atoms with van der Waals surface area (Å²) >= 11 is 0. The van der Waals surface area contributed by atoms with Gasteiger partial charge in [0.2, 0.25) is 5.91 Å². The molecule has 1 aromatic heterocycles. The molecule has 1 unspecified atom stereocenters. The average molecular weight is 446 g/mol. The van der Waals surface area contributed by atoms with E-state index in [0.717, 1.165) is 49.0 Å². The molecule has 1 aliphatic rings. The molecule has 0 aliphatic carbocycles. The molecule has 0 radical (unpaired) electrons. The Morgan fingerprint density at radius 2 is 1.88 bits per heavy atom. The fourth-order valence-corrected chi connectivity index (χ4v) is 3.98. The first-order valence-electron chi connectivity index (χ1n) is 11.6. The summed E-state index contributed by atoms with van der Waals surface area (Å²) in [5.41, 5.74) is 3.03. The number of carbonyl (C=O) groups is 1. The molecule has 7 nitrogen and oxygen atoms in total. The third kappa shape index (κ3) is 6.44. The lowest BCUT2D eigenvalue weighted by Gasteiger charge is -2.17. The Balaban J connectivity index is 1.27. The van der Waals surface area contributed by atoms with Crippen LogP contribution >= 0.6 is 0 Å². The number of amides is 1. The van der Waals surface area contributed by atoms with Crippen LogP contribution in [0.2, 0.25) is 0 Å². The molecule has 2 N–H and O–H groups in total. The molecule has 0 spiro atoms. The van der Waals surface area contributed by atoms with Crippen LogP contribution in [-0.4, -0.2) is 48.1 Å². The van der Waals surface area contributed by atoms with Crippen LogP contribution in [-0.2, 0) is 17.8 Å². The lowest BCUT2D eigenvalue weighted by Crippen LogP contribution is -2.40. The van der Waals surface area contributed by atoms with Crippen LogP contribution in [0.5, 0.6) is 0 Å². The van der Waals surface area contributed by atoms with E-state index in [-0.39, 0.29) is 11.8 Å². The SMILES string of the molecule is CCNC(=NCc1cc(-c2ccccc2)on1)NCC1CC(=O)N(CCc2ccccc2)C1. The van der Waals surface area contributed by atoms with Gasteiger partial charge < -0.3 is 20.1 Å². The summed E-state index contributed by atoms with van der Waals surface area (Å²) in [6.07, 6.45) is 1.46. The maximum Gasteiger partial charge on any atom is 0.223 e. The van der Waals surface area contributed by atoms with Gasteiger partial charge in [-0.2, -0.15) is 0 Å². The molecule has 0 saturated carbocycles. The van der Waals surface area contributed by atoms with E-state index < -0.39 is 0 Å². The summed E-state index contributed by atoms with van der Waals surface area (Å²) in [4.78, 5) is 19.1. The first-order chi connectivity index (χ1) is 16.2. The zero-order valence-electron chi connectivity index (χ0n) is 19.0. The van der Waals surface area contributed by atoms with Gasteiger partial charge in [0.15, 0.2) is 11.7 Å². The van der Waals surface area contributed by atoms with Gasteiger partial charge in [0.25, 0.3) is 0 Å². The fraction of sp³-hybridized carbons (Fsp3) is 0.346. The van der Waals surface area contributed by atoms with Crippen molar-refractivity contribution >= 4 is 11.9 Å². The second-order valence-corrected chi connectivity index (χ2v) is 8.27. The topological polar surface area (TPSA) is 82.8 Å². The fourth-order valence-electron chi connectivity index (χ4n) is 3.98. The molecule has 1 atom stereocenters. The largest absolute Gasteiger partial charge is 0.357 e. The smallest absolute Gasteiger partial charge is 0.223 e. The van der Waals surface area contributed by atoms with Gasteiger partial charge in [-0.05, 0) is 18.9 Å². The monoisotopic (exact) mass is 445 g/mol. The maximum atomic E-state index is 12.4. The van der Waals surface area contributed by atoms with Crippen molar-refractivity contribution in [3.05, 3.63) is 78.0 Å². The minimum atomic E-state index is 0.232. The van der Waals surface area contributed by atoms with Crippen molar-refractivity contribution in [3.63, 3.8) is 0 Å². The Hall–Kier alpha value is -3.61. The summed E-state index contributed by atoms with van der Waals surface area (Å²) < 4.78 is 5.46. The van der Waals surface area contributed by atoms with E-state index in [1.165, 1.54) is 5.56 Å². The number of hydrogen-bond acceptors (Lipinski definition) is 4. The Morgan fingerprint density at radius 1 is 1.12 bits per heavy atom. The van der Waals surface area contributed by atoms with E-state index in [1.807, 2.05) is 66.4 Å². The van der Waals surface area contributed by atoms with Crippen molar-refractivity contribution in [2.24, 2.45) is 10.9 Å². The highest BCUT2D eigenvalue weighted by Gasteiger charge is 2.29. The average Bonchev–Trinajstić information content (AvgIpc) is 3.47. The number of guanidine groups is 1. The third-order valence-electron chi connectivity index (χ3n) is 5.73. The molecule has 3 aromatic rings. The van der Waals surface area contributed by atoms with Crippen molar-refractivity contribution in [1.82, 2.24) is 20.7 Å². The van der Waals surface area contributed by atoms with Gasteiger partial charge in [0.05, 0.1) is 6.54 Å². The molecule has 4 rings (SSSR count). The van der Waals surface area contributed by atoms with E-state index in [0.29, 0.717) is 19.5 Å². The van der Waals surface area contributed by atoms with Gasteiger partial charge in [-0.25, -0.2) is 4.99 Å². The van der Waals surface area contributed by atoms with Gasteiger partial charge in [-0.15, -0.1) is 0 Å². The summed E-state index contributed by atoms with van der Waals surface area (Å²) in [6, 6.07) is 22.1. The Kier molecular flexibility index (Phi) is 7.74. The van der Waals surface area contributed by atoms with Crippen molar-refractivity contribution in [3.8, 4) is 11.3 Å². The Bertz CT molecular complexity index is 1050. The number of aromatic nitrogens is 1. The standard InChI is InChI=1S/C26H31N5O2/c1-2-27-26(29-18-23-16-24(33-30-23)22-11-7-4-8-12-22)28-17-21-15-25(32)31(19-21)14-13-20-9-5-3-6-10-20/h3-12,16,21H,2,13-15,17-19H2,1H3,(H2,27,28,29). The number of hydrogen-bond donors (Lipinski definition) is 2. The molecule has 1 fully saturated rings. The van der Waals surface area contributed by atoms with Gasteiger partial charge in [0, 0.05) is 50.1 Å². The van der Waals surface area contributed by atoms with Gasteiger partial charge in [-0.1, -0.05) is 65.8 Å². The molecule has 172 valence electrons. The number of rotatable bonds is 9. The molecule has 1 aliphatic heterocycles. The minimum absolute atomic E-state index is 0.232. The summed E-state index contributed by atoms with van der Waals surface area (Å²) in [5.74, 6) is 1.96. The number of benzene rings is 2. The molecule has 33 heavy (non-hydrogen) atoms. The molecule has 1 saturated heterocycles. The maximum absolute atomic E-state index is 12.4. The molecule has 1 amide bonds. The minimum Gasteiger partial charge on any atom is -0.357 e. The van der Waals surface area contributed by atoms with Crippen LogP contribution in [0, 0.1) is 5.92 Å². The van der Waals surface area contributed by atoms with Gasteiger partial charge in [0.1, 0.15) is 5.69 Å². The van der Waals surface area contributed by atoms with Crippen molar-refractivity contribution < 1.29 is 9.32 Å². The molecule has 0 bridgehead atoms. The highest BCUT2D eigenvalue weighted by Crippen LogP contribution is 2.20. The zero-order chi connectivity index (χ0) is 22.9. The van der Waals surface area contributed by atoms with Gasteiger partial charge >= 0.3 is 0 Å². The van der Waals surface area contributed by atoms with E-state index in [9.17, 15) is 4.79 Å². The molecule has 7 heteroatoms. The Morgan fingerprint density at radius 3 is 2.64 bits per heavy atom. The molecule has 2 aromatic carbocycles. The predicted octanol–water partition coefficient (Wildman–Crippen LogP) is 3.49. The highest BCUT2D eigenvalue weighted by atomic mass is 16.5. The molecular weight excluding hydrogens is 414 g/mol. The van der Waals surface area contributed by atoms with E-state index in [4.69, 9.17) is 4.52 Å².